The smallest absolute Gasteiger partial charge is 0.423 e. The number of nitrogens with one attached hydrogen (secondary N) is 2. The standard InChI is InChI=1S/C27H16F3N3O3S2/c28-27(29,30)19-13-17(18-10-5-11-37-18)20-21-22(38-25(20)31-19)24(34)33-23(32-21)15-8-4-9-16(12-15)36-26(35)14-6-2-1-3-7-14/h1-13,23,32H,(H,33,34)/t23-/m1/s1. The molecule has 3 aromatic heterocycles. The highest BCUT2D eigenvalue weighted by Gasteiger charge is 2.36. The number of aromatic nitrogens is 1. The van der Waals surface area contributed by atoms with Gasteiger partial charge in [-0.3, -0.25) is 4.79 Å². The maximum Gasteiger partial charge on any atom is 0.433 e. The lowest BCUT2D eigenvalue weighted by molar-refractivity contribution is -0.140. The van der Waals surface area contributed by atoms with E-state index in [0.717, 1.165) is 17.4 Å². The fraction of sp³-hybridized carbons (Fsp3) is 0.0741. The van der Waals surface area contributed by atoms with Gasteiger partial charge in [0.05, 0.1) is 11.3 Å². The first-order chi connectivity index (χ1) is 18.3. The first kappa shape index (κ1) is 24.1. The minimum Gasteiger partial charge on any atom is -0.423 e. The van der Waals surface area contributed by atoms with E-state index >= 15 is 0 Å². The molecule has 11 heteroatoms. The van der Waals surface area contributed by atoms with Gasteiger partial charge in [0.15, 0.2) is 0 Å². The number of rotatable bonds is 4. The third-order valence-electron chi connectivity index (χ3n) is 5.92. The molecule has 2 aromatic carbocycles. The number of fused-ring (bicyclic) bond motifs is 3. The summed E-state index contributed by atoms with van der Waals surface area (Å²) in [7, 11) is 0. The van der Waals surface area contributed by atoms with Crippen molar-refractivity contribution in [1.82, 2.24) is 10.3 Å². The number of anilines is 1. The molecule has 1 amide bonds. The van der Waals surface area contributed by atoms with Crippen molar-refractivity contribution in [3.8, 4) is 16.2 Å². The molecule has 1 aliphatic rings. The summed E-state index contributed by atoms with van der Waals surface area (Å²) in [5.41, 5.74) is 0.732. The van der Waals surface area contributed by atoms with Crippen LogP contribution in [-0.4, -0.2) is 16.9 Å². The Bertz CT molecular complexity index is 1680. The normalized spacial score (nSPS) is 15.0. The lowest BCUT2D eigenvalue weighted by Crippen LogP contribution is -2.37. The van der Waals surface area contributed by atoms with Gasteiger partial charge in [0.25, 0.3) is 5.91 Å². The van der Waals surface area contributed by atoms with Crippen LogP contribution in [0.3, 0.4) is 0 Å². The van der Waals surface area contributed by atoms with Crippen LogP contribution in [0, 0.1) is 0 Å². The van der Waals surface area contributed by atoms with Gasteiger partial charge in [-0.05, 0) is 47.3 Å². The van der Waals surface area contributed by atoms with E-state index in [1.165, 1.54) is 11.3 Å². The second kappa shape index (κ2) is 9.26. The molecule has 38 heavy (non-hydrogen) atoms. The van der Waals surface area contributed by atoms with E-state index in [2.05, 4.69) is 15.6 Å². The van der Waals surface area contributed by atoms with Crippen LogP contribution < -0.4 is 15.4 Å². The number of hydrogen-bond donors (Lipinski definition) is 2. The van der Waals surface area contributed by atoms with Gasteiger partial charge in [-0.2, -0.15) is 13.2 Å². The molecule has 2 N–H and O–H groups in total. The van der Waals surface area contributed by atoms with Crippen molar-refractivity contribution in [2.75, 3.05) is 5.32 Å². The third kappa shape index (κ3) is 4.39. The van der Waals surface area contributed by atoms with E-state index in [1.807, 2.05) is 0 Å². The zero-order valence-corrected chi connectivity index (χ0v) is 20.8. The number of alkyl halides is 3. The quantitative estimate of drug-likeness (QED) is 0.184. The molecule has 0 radical (unpaired) electrons. The first-order valence-corrected chi connectivity index (χ1v) is 13.0. The van der Waals surface area contributed by atoms with Crippen LogP contribution in [0.15, 0.2) is 78.2 Å². The number of carbonyl (C=O) groups is 2. The fourth-order valence-corrected chi connectivity index (χ4v) is 6.02. The molecule has 0 aliphatic carbocycles. The van der Waals surface area contributed by atoms with Crippen LogP contribution in [0.1, 0.15) is 37.5 Å². The third-order valence-corrected chi connectivity index (χ3v) is 7.91. The lowest BCUT2D eigenvalue weighted by Gasteiger charge is -2.27. The molecule has 0 spiro atoms. The Balaban J connectivity index is 1.38. The molecule has 0 saturated carbocycles. The van der Waals surface area contributed by atoms with Crippen molar-refractivity contribution in [2.24, 2.45) is 0 Å². The molecule has 0 fully saturated rings. The summed E-state index contributed by atoms with van der Waals surface area (Å²) in [6.07, 6.45) is -5.36. The average molecular weight is 552 g/mol. The number of halogens is 3. The van der Waals surface area contributed by atoms with Gasteiger partial charge in [0.2, 0.25) is 0 Å². The Morgan fingerprint density at radius 3 is 2.53 bits per heavy atom. The van der Waals surface area contributed by atoms with E-state index in [0.29, 0.717) is 32.6 Å². The number of pyridine rings is 1. The molecule has 190 valence electrons. The molecular formula is C27H16F3N3O3S2. The maximum atomic E-state index is 13.6. The SMILES string of the molecule is O=C(Oc1cccc([C@H]2NC(=O)c3sc4nc(C(F)(F)F)cc(-c5cccs5)c4c3N2)c1)c1ccccc1. The summed E-state index contributed by atoms with van der Waals surface area (Å²) in [5.74, 6) is -0.685. The number of hydrogen-bond acceptors (Lipinski definition) is 7. The number of benzene rings is 2. The summed E-state index contributed by atoms with van der Waals surface area (Å²) in [4.78, 5) is 30.4. The van der Waals surface area contributed by atoms with Crippen LogP contribution in [0.4, 0.5) is 18.9 Å². The van der Waals surface area contributed by atoms with Crippen LogP contribution >= 0.6 is 22.7 Å². The molecule has 4 heterocycles. The second-order valence-corrected chi connectivity index (χ2v) is 10.3. The van der Waals surface area contributed by atoms with Crippen molar-refractivity contribution < 1.29 is 27.5 Å². The lowest BCUT2D eigenvalue weighted by atomic mass is 10.0. The second-order valence-electron chi connectivity index (χ2n) is 8.40. The van der Waals surface area contributed by atoms with Crippen molar-refractivity contribution in [3.05, 3.63) is 99.9 Å². The molecular weight excluding hydrogens is 535 g/mol. The molecule has 0 unspecified atom stereocenters. The van der Waals surface area contributed by atoms with Crippen LogP contribution in [0.2, 0.25) is 0 Å². The van der Waals surface area contributed by atoms with E-state index in [1.54, 1.807) is 72.1 Å². The van der Waals surface area contributed by atoms with Crippen molar-refractivity contribution in [2.45, 2.75) is 12.3 Å². The molecule has 0 bridgehead atoms. The number of esters is 1. The highest BCUT2D eigenvalue weighted by Crippen LogP contribution is 2.46. The number of thiophene rings is 2. The van der Waals surface area contributed by atoms with Gasteiger partial charge in [-0.1, -0.05) is 36.4 Å². The molecule has 6 rings (SSSR count). The minimum atomic E-state index is -4.64. The number of nitrogens with zero attached hydrogens (tertiary/aromatic N) is 1. The predicted molar refractivity (Wildman–Crippen MR) is 140 cm³/mol. The zero-order valence-electron chi connectivity index (χ0n) is 19.2. The summed E-state index contributed by atoms with van der Waals surface area (Å²) < 4.78 is 46.4. The van der Waals surface area contributed by atoms with Gasteiger partial charge in [-0.25, -0.2) is 9.78 Å². The van der Waals surface area contributed by atoms with Gasteiger partial charge < -0.3 is 15.4 Å². The van der Waals surface area contributed by atoms with E-state index in [4.69, 9.17) is 4.74 Å². The van der Waals surface area contributed by atoms with E-state index in [-0.39, 0.29) is 15.5 Å². The molecule has 5 aromatic rings. The van der Waals surface area contributed by atoms with Crippen molar-refractivity contribution in [1.29, 1.82) is 0 Å². The molecule has 1 aliphatic heterocycles. The van der Waals surface area contributed by atoms with Gasteiger partial charge in [0, 0.05) is 15.8 Å². The Kier molecular flexibility index (Phi) is 5.88. The van der Waals surface area contributed by atoms with Gasteiger partial charge in [-0.15, -0.1) is 22.7 Å². The molecule has 0 saturated heterocycles. The molecule has 1 atom stereocenters. The fourth-order valence-electron chi connectivity index (χ4n) is 4.21. The average Bonchev–Trinajstić information content (AvgIpc) is 3.57. The number of carbonyl (C=O) groups excluding carboxylic acids is 2. The largest absolute Gasteiger partial charge is 0.433 e. The van der Waals surface area contributed by atoms with Crippen LogP contribution in [0.25, 0.3) is 20.7 Å². The maximum absolute atomic E-state index is 13.6. The minimum absolute atomic E-state index is 0.113. The van der Waals surface area contributed by atoms with E-state index < -0.39 is 29.9 Å². The van der Waals surface area contributed by atoms with Gasteiger partial charge >= 0.3 is 12.1 Å². The van der Waals surface area contributed by atoms with Crippen molar-refractivity contribution in [3.63, 3.8) is 0 Å². The van der Waals surface area contributed by atoms with Crippen molar-refractivity contribution >= 4 is 50.5 Å². The Morgan fingerprint density at radius 2 is 1.79 bits per heavy atom. The number of ether oxygens (including phenoxy) is 1. The summed E-state index contributed by atoms with van der Waals surface area (Å²) in [6, 6.07) is 19.7. The zero-order chi connectivity index (χ0) is 26.4. The van der Waals surface area contributed by atoms with Crippen LogP contribution in [-0.2, 0) is 6.18 Å². The van der Waals surface area contributed by atoms with E-state index in [9.17, 15) is 22.8 Å². The van der Waals surface area contributed by atoms with Crippen LogP contribution in [0.5, 0.6) is 5.75 Å². The Labute approximate surface area is 221 Å². The number of amides is 1. The Hall–Kier alpha value is -4.22. The summed E-state index contributed by atoms with van der Waals surface area (Å²) in [5, 5.41) is 8.32. The monoisotopic (exact) mass is 551 g/mol. The predicted octanol–water partition coefficient (Wildman–Crippen LogP) is 7.12. The summed E-state index contributed by atoms with van der Waals surface area (Å²) >= 11 is 2.21. The highest BCUT2D eigenvalue weighted by atomic mass is 32.1. The Morgan fingerprint density at radius 1 is 0.974 bits per heavy atom. The highest BCUT2D eigenvalue weighted by molar-refractivity contribution is 7.21. The topological polar surface area (TPSA) is 80.3 Å². The first-order valence-electron chi connectivity index (χ1n) is 11.3. The van der Waals surface area contributed by atoms with Gasteiger partial charge in [0.1, 0.15) is 27.3 Å². The molecule has 6 nitrogen and oxygen atoms in total. The summed E-state index contributed by atoms with van der Waals surface area (Å²) in [6.45, 7) is 0.